The number of nitriles is 1. The van der Waals surface area contributed by atoms with Crippen molar-refractivity contribution in [3.8, 4) is 17.6 Å². The number of benzene rings is 2. The Bertz CT molecular complexity index is 1010. The Kier molecular flexibility index (Phi) is 9.30. The van der Waals surface area contributed by atoms with Crippen LogP contribution in [0.4, 0.5) is 11.4 Å². The van der Waals surface area contributed by atoms with Crippen molar-refractivity contribution in [1.29, 1.82) is 5.26 Å². The molecule has 1 saturated heterocycles. The minimum Gasteiger partial charge on any atom is -0.492 e. The van der Waals surface area contributed by atoms with Gasteiger partial charge in [0.05, 0.1) is 30.7 Å². The van der Waals surface area contributed by atoms with Gasteiger partial charge in [0.2, 0.25) is 5.91 Å². The Balaban J connectivity index is 1.76. The number of nitrogens with zero attached hydrogens (tertiary/aromatic N) is 2. The average molecular weight is 465 g/mol. The zero-order chi connectivity index (χ0) is 24.3. The first kappa shape index (κ1) is 25.1. The summed E-state index contributed by atoms with van der Waals surface area (Å²) in [5.74, 6) is 0.486. The fourth-order valence-electron chi connectivity index (χ4n) is 3.95. The molecule has 180 valence electrons. The lowest BCUT2D eigenvalue weighted by Gasteiger charge is -2.30. The van der Waals surface area contributed by atoms with E-state index in [4.69, 9.17) is 14.7 Å². The van der Waals surface area contributed by atoms with E-state index in [9.17, 15) is 9.59 Å². The zero-order valence-corrected chi connectivity index (χ0v) is 19.8. The van der Waals surface area contributed by atoms with Crippen LogP contribution in [0.3, 0.4) is 0 Å². The van der Waals surface area contributed by atoms with Crippen LogP contribution < -0.4 is 20.1 Å². The van der Waals surface area contributed by atoms with Crippen molar-refractivity contribution >= 4 is 23.2 Å². The summed E-state index contributed by atoms with van der Waals surface area (Å²) in [4.78, 5) is 27.9. The number of hydrogen-bond acceptors (Lipinski definition) is 6. The first-order chi connectivity index (χ1) is 16.5. The molecule has 0 radical (unpaired) electrons. The van der Waals surface area contributed by atoms with Crippen molar-refractivity contribution in [2.24, 2.45) is 5.92 Å². The van der Waals surface area contributed by atoms with Gasteiger partial charge >= 0.3 is 0 Å². The van der Waals surface area contributed by atoms with Crippen molar-refractivity contribution in [2.45, 2.75) is 33.1 Å². The molecule has 1 aliphatic rings. The van der Waals surface area contributed by atoms with E-state index in [1.807, 2.05) is 19.9 Å². The molecule has 0 bridgehead atoms. The number of amides is 2. The fourth-order valence-corrected chi connectivity index (χ4v) is 3.95. The van der Waals surface area contributed by atoms with Crippen molar-refractivity contribution in [3.05, 3.63) is 48.0 Å². The molecule has 0 spiro atoms. The standard InChI is InChI=1S/C26H32N4O4/c1-3-33-23-18-22(29-26(32)20-11-15-30(16-12-20)14-8-13-27)24(34-4-2)17-21(23)28-25(31)19-9-6-5-7-10-19/h5-7,9-10,17-18,20H,3-4,8,11-12,14-16H2,1-2H3,(H,28,31)(H,29,32). The molecular weight excluding hydrogens is 432 g/mol. The second-order valence-electron chi connectivity index (χ2n) is 8.04. The number of carbonyl (C=O) groups is 2. The van der Waals surface area contributed by atoms with Gasteiger partial charge in [0, 0.05) is 36.6 Å². The van der Waals surface area contributed by atoms with Crippen LogP contribution in [0.1, 0.15) is 43.5 Å². The Hall–Kier alpha value is -3.57. The maximum absolute atomic E-state index is 13.0. The third-order valence-corrected chi connectivity index (χ3v) is 5.72. The number of nitrogens with one attached hydrogen (secondary N) is 2. The van der Waals surface area contributed by atoms with E-state index in [-0.39, 0.29) is 17.7 Å². The lowest BCUT2D eigenvalue weighted by molar-refractivity contribution is -0.121. The van der Waals surface area contributed by atoms with Gasteiger partial charge in [0.25, 0.3) is 5.91 Å². The third-order valence-electron chi connectivity index (χ3n) is 5.72. The van der Waals surface area contributed by atoms with Gasteiger partial charge < -0.3 is 25.0 Å². The van der Waals surface area contributed by atoms with E-state index in [1.54, 1.807) is 36.4 Å². The molecule has 0 aromatic heterocycles. The fraction of sp³-hybridized carbons (Fsp3) is 0.423. The predicted octanol–water partition coefficient (Wildman–Crippen LogP) is 4.30. The monoisotopic (exact) mass is 464 g/mol. The van der Waals surface area contributed by atoms with Crippen LogP contribution in [-0.2, 0) is 4.79 Å². The summed E-state index contributed by atoms with van der Waals surface area (Å²) < 4.78 is 11.6. The molecule has 0 saturated carbocycles. The molecule has 0 aliphatic carbocycles. The van der Waals surface area contributed by atoms with Crippen molar-refractivity contribution in [3.63, 3.8) is 0 Å². The van der Waals surface area contributed by atoms with Gasteiger partial charge in [-0.1, -0.05) is 18.2 Å². The maximum atomic E-state index is 13.0. The second kappa shape index (κ2) is 12.6. The Morgan fingerprint density at radius 2 is 1.59 bits per heavy atom. The Morgan fingerprint density at radius 3 is 2.15 bits per heavy atom. The molecule has 3 rings (SSSR count). The largest absolute Gasteiger partial charge is 0.492 e. The van der Waals surface area contributed by atoms with Crippen LogP contribution >= 0.6 is 0 Å². The third kappa shape index (κ3) is 6.72. The summed E-state index contributed by atoms with van der Waals surface area (Å²) in [6.45, 7) is 6.86. The predicted molar refractivity (Wildman–Crippen MR) is 131 cm³/mol. The second-order valence-corrected chi connectivity index (χ2v) is 8.04. The number of likely N-dealkylation sites (tertiary alicyclic amines) is 1. The lowest BCUT2D eigenvalue weighted by Crippen LogP contribution is -2.38. The highest BCUT2D eigenvalue weighted by atomic mass is 16.5. The van der Waals surface area contributed by atoms with Crippen LogP contribution in [0.5, 0.6) is 11.5 Å². The number of anilines is 2. The normalized spacial score (nSPS) is 14.1. The van der Waals surface area contributed by atoms with Crippen molar-refractivity contribution < 1.29 is 19.1 Å². The lowest BCUT2D eigenvalue weighted by atomic mass is 9.95. The van der Waals surface area contributed by atoms with Crippen molar-refractivity contribution in [2.75, 3.05) is 43.5 Å². The zero-order valence-electron chi connectivity index (χ0n) is 19.8. The molecule has 8 heteroatoms. The van der Waals surface area contributed by atoms with Gasteiger partial charge in [0.1, 0.15) is 11.5 Å². The van der Waals surface area contributed by atoms with Gasteiger partial charge in [-0.3, -0.25) is 9.59 Å². The summed E-state index contributed by atoms with van der Waals surface area (Å²) in [6.07, 6.45) is 1.98. The summed E-state index contributed by atoms with van der Waals surface area (Å²) in [7, 11) is 0. The number of rotatable bonds is 10. The molecule has 1 fully saturated rings. The molecule has 1 heterocycles. The minimum absolute atomic E-state index is 0.0654. The number of ether oxygens (including phenoxy) is 2. The van der Waals surface area contributed by atoms with Crippen LogP contribution in [0.15, 0.2) is 42.5 Å². The molecule has 0 unspecified atom stereocenters. The van der Waals surface area contributed by atoms with Gasteiger partial charge in [0.15, 0.2) is 0 Å². The number of piperidine rings is 1. The molecule has 0 atom stereocenters. The summed E-state index contributed by atoms with van der Waals surface area (Å²) >= 11 is 0. The average Bonchev–Trinajstić information content (AvgIpc) is 2.86. The molecule has 2 aromatic carbocycles. The van der Waals surface area contributed by atoms with Crippen LogP contribution in [0, 0.1) is 17.2 Å². The highest BCUT2D eigenvalue weighted by Gasteiger charge is 2.26. The number of hydrogen-bond donors (Lipinski definition) is 2. The quantitative estimate of drug-likeness (QED) is 0.543. The van der Waals surface area contributed by atoms with Crippen LogP contribution in [-0.4, -0.2) is 49.6 Å². The maximum Gasteiger partial charge on any atom is 0.255 e. The van der Waals surface area contributed by atoms with E-state index in [0.29, 0.717) is 48.1 Å². The van der Waals surface area contributed by atoms with Crippen molar-refractivity contribution in [1.82, 2.24) is 4.90 Å². The van der Waals surface area contributed by atoms with Gasteiger partial charge in [-0.05, 0) is 51.9 Å². The first-order valence-corrected chi connectivity index (χ1v) is 11.8. The molecule has 8 nitrogen and oxygen atoms in total. The molecule has 2 aromatic rings. The van der Waals surface area contributed by atoms with Gasteiger partial charge in [-0.15, -0.1) is 0 Å². The van der Waals surface area contributed by atoms with E-state index in [2.05, 4.69) is 21.6 Å². The summed E-state index contributed by atoms with van der Waals surface area (Å²) in [6, 6.07) is 14.5. The van der Waals surface area contributed by atoms with Gasteiger partial charge in [-0.2, -0.15) is 5.26 Å². The molecule has 2 N–H and O–H groups in total. The van der Waals surface area contributed by atoms with Gasteiger partial charge in [-0.25, -0.2) is 0 Å². The topological polar surface area (TPSA) is 104 Å². The van der Waals surface area contributed by atoms with E-state index < -0.39 is 0 Å². The molecule has 34 heavy (non-hydrogen) atoms. The summed E-state index contributed by atoms with van der Waals surface area (Å²) in [5, 5.41) is 14.7. The minimum atomic E-state index is -0.260. The SMILES string of the molecule is CCOc1cc(NC(=O)C2CCN(CCC#N)CC2)c(OCC)cc1NC(=O)c1ccccc1. The summed E-state index contributed by atoms with van der Waals surface area (Å²) in [5.41, 5.74) is 1.52. The Morgan fingerprint density at radius 1 is 1.00 bits per heavy atom. The highest BCUT2D eigenvalue weighted by Crippen LogP contribution is 2.37. The molecule has 1 aliphatic heterocycles. The van der Waals surface area contributed by atoms with Crippen LogP contribution in [0.2, 0.25) is 0 Å². The first-order valence-electron chi connectivity index (χ1n) is 11.8. The Labute approximate surface area is 200 Å². The highest BCUT2D eigenvalue weighted by molar-refractivity contribution is 6.05. The van der Waals surface area contributed by atoms with E-state index in [1.165, 1.54) is 0 Å². The number of carbonyl (C=O) groups excluding carboxylic acids is 2. The molecule has 2 amide bonds. The van der Waals surface area contributed by atoms with E-state index >= 15 is 0 Å². The van der Waals surface area contributed by atoms with Crippen LogP contribution in [0.25, 0.3) is 0 Å². The van der Waals surface area contributed by atoms with E-state index in [0.717, 1.165) is 32.5 Å². The smallest absolute Gasteiger partial charge is 0.255 e. The molecular formula is C26H32N4O4.